The zero-order valence-corrected chi connectivity index (χ0v) is 14.8. The highest BCUT2D eigenvalue weighted by molar-refractivity contribution is 5.90. The lowest BCUT2D eigenvalue weighted by molar-refractivity contribution is -0.152. The number of ether oxygens (including phenoxy) is 1. The number of carbonyl (C=O) groups is 1. The van der Waals surface area contributed by atoms with E-state index in [0.717, 1.165) is 25.7 Å². The van der Waals surface area contributed by atoms with Crippen LogP contribution >= 0.6 is 0 Å². The summed E-state index contributed by atoms with van der Waals surface area (Å²) in [6, 6.07) is 0. The van der Waals surface area contributed by atoms with Crippen LogP contribution in [-0.2, 0) is 9.53 Å². The third kappa shape index (κ3) is 1.40. The number of hydrogen-bond donors (Lipinski definition) is 0. The van der Waals surface area contributed by atoms with E-state index in [1.807, 2.05) is 0 Å². The molecular weight excluding hydrogens is 272 g/mol. The van der Waals surface area contributed by atoms with Gasteiger partial charge in [-0.2, -0.15) is 0 Å². The van der Waals surface area contributed by atoms with Crippen LogP contribution in [0.3, 0.4) is 0 Å². The molecule has 1 saturated heterocycles. The number of hydrogen-bond acceptors (Lipinski definition) is 2. The van der Waals surface area contributed by atoms with Crippen LogP contribution in [-0.4, -0.2) is 17.5 Å². The van der Waals surface area contributed by atoms with Crippen LogP contribution in [0.15, 0.2) is 11.1 Å². The third-order valence-corrected chi connectivity index (χ3v) is 7.67. The Morgan fingerprint density at radius 2 is 1.86 bits per heavy atom. The van der Waals surface area contributed by atoms with Crippen molar-refractivity contribution in [3.8, 4) is 0 Å². The largest absolute Gasteiger partial charge is 0.361 e. The van der Waals surface area contributed by atoms with Crippen molar-refractivity contribution in [1.29, 1.82) is 0 Å². The van der Waals surface area contributed by atoms with Gasteiger partial charge in [0.25, 0.3) is 0 Å². The van der Waals surface area contributed by atoms with E-state index in [4.69, 9.17) is 4.74 Å². The monoisotopic (exact) mass is 302 g/mol. The van der Waals surface area contributed by atoms with Crippen LogP contribution in [0.1, 0.15) is 73.1 Å². The normalized spacial score (nSPS) is 49.9. The molecule has 2 saturated carbocycles. The molecule has 2 spiro atoms. The van der Waals surface area contributed by atoms with Crippen molar-refractivity contribution in [2.24, 2.45) is 22.7 Å². The molecule has 122 valence electrons. The van der Waals surface area contributed by atoms with E-state index in [1.54, 1.807) is 0 Å². The van der Waals surface area contributed by atoms with E-state index < -0.39 is 0 Å². The minimum Gasteiger partial charge on any atom is -0.361 e. The lowest BCUT2D eigenvalue weighted by Gasteiger charge is -2.57. The number of fused-ring (bicyclic) bond motifs is 1. The molecule has 22 heavy (non-hydrogen) atoms. The van der Waals surface area contributed by atoms with Crippen molar-refractivity contribution in [2.45, 2.75) is 84.8 Å². The van der Waals surface area contributed by atoms with Crippen molar-refractivity contribution in [1.82, 2.24) is 0 Å². The van der Waals surface area contributed by atoms with Gasteiger partial charge >= 0.3 is 0 Å². The summed E-state index contributed by atoms with van der Waals surface area (Å²) in [7, 11) is 0. The smallest absolute Gasteiger partial charge is 0.143 e. The maximum absolute atomic E-state index is 13.4. The third-order valence-electron chi connectivity index (χ3n) is 7.67. The van der Waals surface area contributed by atoms with Gasteiger partial charge in [-0.05, 0) is 62.0 Å². The zero-order valence-electron chi connectivity index (χ0n) is 14.8. The number of rotatable bonds is 0. The maximum atomic E-state index is 13.4. The predicted molar refractivity (Wildman–Crippen MR) is 87.6 cm³/mol. The topological polar surface area (TPSA) is 26.3 Å². The Hall–Kier alpha value is -0.630. The highest BCUT2D eigenvalue weighted by Gasteiger charge is 2.77. The van der Waals surface area contributed by atoms with Crippen molar-refractivity contribution in [3.63, 3.8) is 0 Å². The molecule has 2 aliphatic carbocycles. The lowest BCUT2D eigenvalue weighted by Crippen LogP contribution is -2.62. The molecular formula is C20H30O2. The molecule has 0 aromatic rings. The summed E-state index contributed by atoms with van der Waals surface area (Å²) in [5.74, 6) is 1.70. The van der Waals surface area contributed by atoms with Gasteiger partial charge in [0, 0.05) is 11.8 Å². The molecule has 3 fully saturated rings. The van der Waals surface area contributed by atoms with E-state index in [0.29, 0.717) is 17.6 Å². The fourth-order valence-corrected chi connectivity index (χ4v) is 6.66. The molecule has 2 nitrogen and oxygen atoms in total. The molecule has 2 bridgehead atoms. The van der Waals surface area contributed by atoms with Crippen molar-refractivity contribution in [3.05, 3.63) is 11.1 Å². The van der Waals surface area contributed by atoms with Crippen LogP contribution in [0.5, 0.6) is 0 Å². The van der Waals surface area contributed by atoms with Gasteiger partial charge in [-0.25, -0.2) is 0 Å². The summed E-state index contributed by atoms with van der Waals surface area (Å²) in [4.78, 5) is 13.4. The van der Waals surface area contributed by atoms with Gasteiger partial charge in [-0.1, -0.05) is 27.7 Å². The number of ketones is 1. The average molecular weight is 302 g/mol. The summed E-state index contributed by atoms with van der Waals surface area (Å²) in [6.45, 7) is 11.4. The van der Waals surface area contributed by atoms with Crippen molar-refractivity contribution in [2.75, 3.05) is 0 Å². The van der Waals surface area contributed by atoms with Gasteiger partial charge in [-0.3, -0.25) is 4.79 Å². The van der Waals surface area contributed by atoms with Crippen molar-refractivity contribution >= 4 is 5.78 Å². The molecule has 2 heterocycles. The Bertz CT molecular complexity index is 572. The predicted octanol–water partition coefficient (Wildman–Crippen LogP) is 4.68. The van der Waals surface area contributed by atoms with Gasteiger partial charge < -0.3 is 4.74 Å². The minimum absolute atomic E-state index is 0.0606. The first-order chi connectivity index (χ1) is 10.3. The molecule has 4 rings (SSSR count). The van der Waals surface area contributed by atoms with E-state index >= 15 is 0 Å². The first-order valence-corrected chi connectivity index (χ1v) is 9.17. The van der Waals surface area contributed by atoms with Gasteiger partial charge in [0.05, 0.1) is 11.5 Å². The van der Waals surface area contributed by atoms with Crippen LogP contribution in [0.25, 0.3) is 0 Å². The van der Waals surface area contributed by atoms with Gasteiger partial charge in [0.1, 0.15) is 11.4 Å². The Balaban J connectivity index is 1.93. The Morgan fingerprint density at radius 3 is 2.55 bits per heavy atom. The number of carbonyl (C=O) groups excluding carboxylic acids is 1. The van der Waals surface area contributed by atoms with E-state index in [-0.39, 0.29) is 22.5 Å². The maximum Gasteiger partial charge on any atom is 0.143 e. The van der Waals surface area contributed by atoms with Crippen molar-refractivity contribution < 1.29 is 9.53 Å². The highest BCUT2D eigenvalue weighted by atomic mass is 16.5. The van der Waals surface area contributed by atoms with Crippen LogP contribution in [0.4, 0.5) is 0 Å². The summed E-state index contributed by atoms with van der Waals surface area (Å²) in [6.07, 6.45) is 6.57. The second-order valence-electron chi connectivity index (χ2n) is 9.23. The summed E-state index contributed by atoms with van der Waals surface area (Å²) >= 11 is 0. The highest BCUT2D eigenvalue weighted by Crippen LogP contribution is 2.73. The van der Waals surface area contributed by atoms with Crippen LogP contribution < -0.4 is 0 Å². The Kier molecular flexibility index (Phi) is 2.89. The van der Waals surface area contributed by atoms with E-state index in [9.17, 15) is 4.79 Å². The second kappa shape index (κ2) is 4.26. The summed E-state index contributed by atoms with van der Waals surface area (Å²) < 4.78 is 6.77. The van der Waals surface area contributed by atoms with E-state index in [1.165, 1.54) is 24.0 Å². The molecule has 0 radical (unpaired) electrons. The summed E-state index contributed by atoms with van der Waals surface area (Å²) in [5, 5.41) is 0. The van der Waals surface area contributed by atoms with Crippen LogP contribution in [0, 0.1) is 22.7 Å². The molecule has 0 amide bonds. The molecule has 5 atom stereocenters. The molecule has 2 aliphatic heterocycles. The van der Waals surface area contributed by atoms with Gasteiger partial charge in [0.2, 0.25) is 0 Å². The average Bonchev–Trinajstić information content (AvgIpc) is 2.81. The first-order valence-electron chi connectivity index (χ1n) is 9.17. The molecule has 4 aliphatic rings. The Morgan fingerprint density at radius 1 is 1.14 bits per heavy atom. The molecule has 5 unspecified atom stereocenters. The van der Waals surface area contributed by atoms with E-state index in [2.05, 4.69) is 34.6 Å². The number of Topliss-reactive ketones (excluding diaryl/α,β-unsaturated/α-hetero) is 1. The fraction of sp³-hybridized carbons (Fsp3) is 0.850. The Labute approximate surface area is 134 Å². The molecule has 0 aromatic carbocycles. The standard InChI is InChI=1S/C20H30O2/c1-12-8-9-19(16(21)10-12)18(4,5)17-14(3)15-7-6-13(2)11-20(15,19)22-17/h12-13,17H,6-11H2,1-5H3. The molecule has 0 N–H and O–H groups in total. The zero-order chi connectivity index (χ0) is 15.9. The summed E-state index contributed by atoms with van der Waals surface area (Å²) in [5.41, 5.74) is 2.38. The molecule has 2 heteroatoms. The second-order valence-corrected chi connectivity index (χ2v) is 9.23. The van der Waals surface area contributed by atoms with Gasteiger partial charge in [-0.15, -0.1) is 0 Å². The van der Waals surface area contributed by atoms with Crippen LogP contribution in [0.2, 0.25) is 0 Å². The minimum atomic E-state index is -0.264. The molecule has 0 aromatic heterocycles. The lowest BCUT2D eigenvalue weighted by atomic mass is 9.43. The van der Waals surface area contributed by atoms with Gasteiger partial charge in [0.15, 0.2) is 0 Å². The first kappa shape index (κ1) is 14.9. The fourth-order valence-electron chi connectivity index (χ4n) is 6.66. The quantitative estimate of drug-likeness (QED) is 0.608. The SMILES string of the molecule is CC1=C2CCC(C)CC23OC1C(C)(C)C31CCC(C)CC1=O.